The Labute approximate surface area is 162 Å². The lowest BCUT2D eigenvalue weighted by Crippen LogP contribution is -2.52. The third-order valence-electron chi connectivity index (χ3n) is 5.23. The van der Waals surface area contributed by atoms with Crippen molar-refractivity contribution in [3.8, 4) is 0 Å². The lowest BCUT2D eigenvalue weighted by molar-refractivity contribution is 0.0194. The molecule has 5 nitrogen and oxygen atoms in total. The van der Waals surface area contributed by atoms with E-state index in [0.717, 1.165) is 30.3 Å². The van der Waals surface area contributed by atoms with Crippen LogP contribution in [0, 0.1) is 0 Å². The summed E-state index contributed by atoms with van der Waals surface area (Å²) in [6.45, 7) is 6.50. The molecule has 0 bridgehead atoms. The van der Waals surface area contributed by atoms with Gasteiger partial charge in [0.05, 0.1) is 18.2 Å². The molecular formula is C20H26BrN3O2. The summed E-state index contributed by atoms with van der Waals surface area (Å²) in [5.41, 5.74) is 0.779. The largest absolute Gasteiger partial charge is 0.444 e. The third-order valence-corrected chi connectivity index (χ3v) is 5.72. The first-order chi connectivity index (χ1) is 12.3. The summed E-state index contributed by atoms with van der Waals surface area (Å²) in [6.07, 6.45) is 5.10. The van der Waals surface area contributed by atoms with E-state index < -0.39 is 5.60 Å². The van der Waals surface area contributed by atoms with Gasteiger partial charge in [-0.3, -0.25) is 5.32 Å². The number of nitrogens with one attached hydrogen (secondary N) is 2. The number of hydrogen-bond acceptors (Lipinski definition) is 4. The molecule has 0 spiro atoms. The summed E-state index contributed by atoms with van der Waals surface area (Å²) in [5, 5.41) is 9.89. The molecule has 2 saturated heterocycles. The minimum Gasteiger partial charge on any atom is -0.444 e. The molecule has 0 radical (unpaired) electrons. The summed E-state index contributed by atoms with van der Waals surface area (Å²) in [7, 11) is 0. The normalized spacial score (nSPS) is 27.5. The van der Waals surface area contributed by atoms with Crippen molar-refractivity contribution in [3.05, 3.63) is 33.1 Å². The van der Waals surface area contributed by atoms with Crippen LogP contribution in [0.2, 0.25) is 0 Å². The second kappa shape index (κ2) is 6.57. The molecule has 26 heavy (non-hydrogen) atoms. The first kappa shape index (κ1) is 17.9. The maximum Gasteiger partial charge on any atom is 0.410 e. The number of nitrogens with zero attached hydrogens (tertiary/aromatic N) is 1. The van der Waals surface area contributed by atoms with Crippen molar-refractivity contribution in [2.24, 2.45) is 0 Å². The summed E-state index contributed by atoms with van der Waals surface area (Å²) in [4.78, 5) is 14.5. The lowest BCUT2D eigenvalue weighted by Gasteiger charge is -2.31. The number of hydrogen-bond donors (Lipinski definition) is 2. The second-order valence-electron chi connectivity index (χ2n) is 8.31. The summed E-state index contributed by atoms with van der Waals surface area (Å²) >= 11 is 3.55. The van der Waals surface area contributed by atoms with Gasteiger partial charge in [0.2, 0.25) is 0 Å². The first-order valence-corrected chi connectivity index (χ1v) is 10.1. The molecule has 2 heterocycles. The highest BCUT2D eigenvalue weighted by molar-refractivity contribution is 9.10. The van der Waals surface area contributed by atoms with E-state index in [1.54, 1.807) is 0 Å². The van der Waals surface area contributed by atoms with Crippen LogP contribution in [0.15, 0.2) is 22.7 Å². The van der Waals surface area contributed by atoms with Crippen molar-refractivity contribution >= 4 is 33.8 Å². The Hall–Kier alpha value is -1.53. The summed E-state index contributed by atoms with van der Waals surface area (Å²) in [6, 6.07) is 6.81. The number of carbonyl (C=O) groups is 1. The zero-order chi connectivity index (χ0) is 18.5. The van der Waals surface area contributed by atoms with Gasteiger partial charge in [0.15, 0.2) is 0 Å². The van der Waals surface area contributed by atoms with Gasteiger partial charge in [0, 0.05) is 21.9 Å². The van der Waals surface area contributed by atoms with Gasteiger partial charge >= 0.3 is 6.09 Å². The van der Waals surface area contributed by atoms with Crippen LogP contribution in [0.3, 0.4) is 0 Å². The van der Waals surface area contributed by atoms with Crippen molar-refractivity contribution < 1.29 is 9.53 Å². The highest BCUT2D eigenvalue weighted by atomic mass is 79.9. The van der Waals surface area contributed by atoms with Crippen molar-refractivity contribution in [2.75, 3.05) is 6.54 Å². The minimum atomic E-state index is -0.467. The van der Waals surface area contributed by atoms with Gasteiger partial charge in [0.25, 0.3) is 0 Å². The van der Waals surface area contributed by atoms with Crippen LogP contribution >= 0.6 is 15.9 Å². The zero-order valence-corrected chi connectivity index (χ0v) is 17.1. The second-order valence-corrected chi connectivity index (χ2v) is 9.23. The molecule has 0 saturated carbocycles. The standard InChI is InChI=1S/C20H26BrN3O2/c1-20(2,3)26-19(25)24-10-4-5-16(24)18-22-15-9-6-12-11-13(21)7-8-14(12)17(15)23-18/h6-8,11,15-16,18,22-23H,4-5,9-10H2,1-3H3/t15?,16-,18?/m0/s1. The molecule has 4 rings (SSSR count). The molecule has 1 amide bonds. The third kappa shape index (κ3) is 3.37. The van der Waals surface area contributed by atoms with E-state index in [-0.39, 0.29) is 24.3 Å². The molecule has 1 aromatic rings. The molecule has 3 atom stereocenters. The monoisotopic (exact) mass is 419 g/mol. The Bertz CT molecular complexity index is 846. The molecule has 6 heteroatoms. The molecular weight excluding hydrogens is 394 g/mol. The maximum atomic E-state index is 12.6. The maximum absolute atomic E-state index is 12.6. The molecule has 1 aromatic carbocycles. The lowest BCUT2D eigenvalue weighted by atomic mass is 10.0. The molecule has 3 aliphatic rings. The van der Waals surface area contributed by atoms with E-state index in [1.807, 2.05) is 25.7 Å². The fourth-order valence-corrected chi connectivity index (χ4v) is 4.53. The number of benzene rings is 1. The van der Waals surface area contributed by atoms with E-state index in [2.05, 4.69) is 50.8 Å². The number of likely N-dealkylation sites (tertiary alicyclic amines) is 1. The fourth-order valence-electron chi connectivity index (χ4n) is 4.15. The predicted molar refractivity (Wildman–Crippen MR) is 106 cm³/mol. The van der Waals surface area contributed by atoms with Crippen LogP contribution in [0.25, 0.3) is 11.8 Å². The summed E-state index contributed by atoms with van der Waals surface area (Å²) in [5.74, 6) is 0. The minimum absolute atomic E-state index is 0.0630. The van der Waals surface area contributed by atoms with E-state index in [9.17, 15) is 4.79 Å². The fraction of sp³-hybridized carbons (Fsp3) is 0.550. The number of amides is 1. The van der Waals surface area contributed by atoms with E-state index >= 15 is 0 Å². The predicted octanol–water partition coefficient (Wildman–Crippen LogP) is 2.03. The van der Waals surface area contributed by atoms with Crippen LogP contribution < -0.4 is 21.1 Å². The molecule has 2 unspecified atom stereocenters. The van der Waals surface area contributed by atoms with Gasteiger partial charge in [-0.1, -0.05) is 28.1 Å². The average molecular weight is 420 g/mol. The number of carbonyl (C=O) groups excluding carboxylic acids is 1. The first-order valence-electron chi connectivity index (χ1n) is 9.34. The summed E-state index contributed by atoms with van der Waals surface area (Å²) < 4.78 is 6.71. The van der Waals surface area contributed by atoms with E-state index in [1.165, 1.54) is 16.1 Å². The van der Waals surface area contributed by atoms with Crippen molar-refractivity contribution in [3.63, 3.8) is 0 Å². The smallest absolute Gasteiger partial charge is 0.410 e. The molecule has 140 valence electrons. The average Bonchev–Trinajstić information content (AvgIpc) is 3.19. The number of fused-ring (bicyclic) bond motifs is 2. The van der Waals surface area contributed by atoms with E-state index in [4.69, 9.17) is 4.74 Å². The van der Waals surface area contributed by atoms with E-state index in [0.29, 0.717) is 0 Å². The molecule has 2 fully saturated rings. The van der Waals surface area contributed by atoms with Gasteiger partial charge < -0.3 is 15.0 Å². The van der Waals surface area contributed by atoms with Gasteiger partial charge in [-0.05, 0) is 57.4 Å². The van der Waals surface area contributed by atoms with Crippen molar-refractivity contribution in [1.82, 2.24) is 15.5 Å². The topological polar surface area (TPSA) is 53.6 Å². The van der Waals surface area contributed by atoms with Gasteiger partial charge in [-0.25, -0.2) is 4.79 Å². The Balaban J connectivity index is 1.57. The number of rotatable bonds is 1. The number of halogens is 1. The SMILES string of the molecule is CC(C)(C)OC(=O)N1CCC[C@H]1C1NC2=c3ccc(Br)cc3=CCC2N1. The quantitative estimate of drug-likeness (QED) is 0.730. The van der Waals surface area contributed by atoms with Gasteiger partial charge in [-0.15, -0.1) is 0 Å². The number of ether oxygens (including phenoxy) is 1. The Morgan fingerprint density at radius 3 is 2.92 bits per heavy atom. The Morgan fingerprint density at radius 1 is 1.35 bits per heavy atom. The van der Waals surface area contributed by atoms with Crippen LogP contribution in [0.1, 0.15) is 40.0 Å². The van der Waals surface area contributed by atoms with Crippen LogP contribution in [0.4, 0.5) is 4.79 Å². The highest BCUT2D eigenvalue weighted by Gasteiger charge is 2.41. The molecule has 2 aliphatic heterocycles. The molecule has 0 aromatic heterocycles. The Kier molecular flexibility index (Phi) is 4.51. The molecule has 2 N–H and O–H groups in total. The molecule has 1 aliphatic carbocycles. The zero-order valence-electron chi connectivity index (χ0n) is 15.5. The highest BCUT2D eigenvalue weighted by Crippen LogP contribution is 2.26. The Morgan fingerprint density at radius 2 is 2.15 bits per heavy atom. The van der Waals surface area contributed by atoms with Crippen molar-refractivity contribution in [1.29, 1.82) is 0 Å². The van der Waals surface area contributed by atoms with Gasteiger partial charge in [-0.2, -0.15) is 0 Å². The van der Waals surface area contributed by atoms with Crippen molar-refractivity contribution in [2.45, 2.75) is 63.9 Å². The van der Waals surface area contributed by atoms with Crippen LogP contribution in [-0.4, -0.2) is 41.4 Å². The van der Waals surface area contributed by atoms with Gasteiger partial charge in [0.1, 0.15) is 5.60 Å². The van der Waals surface area contributed by atoms with Crippen LogP contribution in [0.5, 0.6) is 0 Å². The van der Waals surface area contributed by atoms with Crippen LogP contribution in [-0.2, 0) is 4.74 Å².